The van der Waals surface area contributed by atoms with Gasteiger partial charge in [0.05, 0.1) is 0 Å². The van der Waals surface area contributed by atoms with E-state index in [0.717, 1.165) is 18.5 Å². The van der Waals surface area contributed by atoms with Gasteiger partial charge < -0.3 is 11.1 Å². The normalized spacial score (nSPS) is 18.3. The van der Waals surface area contributed by atoms with Crippen molar-refractivity contribution in [3.8, 4) is 0 Å². The SMILES string of the molecule is CNC1=CC=C(N)CC1. The fraction of sp³-hybridized carbons (Fsp3) is 0.429. The van der Waals surface area contributed by atoms with E-state index in [-0.39, 0.29) is 0 Å². The highest BCUT2D eigenvalue weighted by atomic mass is 14.8. The summed E-state index contributed by atoms with van der Waals surface area (Å²) in [7, 11) is 1.93. The van der Waals surface area contributed by atoms with E-state index in [2.05, 4.69) is 5.32 Å². The van der Waals surface area contributed by atoms with Crippen molar-refractivity contribution in [3.63, 3.8) is 0 Å². The molecule has 9 heavy (non-hydrogen) atoms. The number of nitrogens with two attached hydrogens (primary N) is 1. The number of hydrogen-bond donors (Lipinski definition) is 2. The first-order valence-electron chi connectivity index (χ1n) is 3.16. The Morgan fingerprint density at radius 1 is 1.44 bits per heavy atom. The minimum Gasteiger partial charge on any atom is -0.402 e. The summed E-state index contributed by atoms with van der Waals surface area (Å²) in [6.07, 6.45) is 6.03. The molecule has 3 N–H and O–H groups in total. The smallest absolute Gasteiger partial charge is 0.0108 e. The van der Waals surface area contributed by atoms with Gasteiger partial charge in [-0.05, 0) is 25.0 Å². The number of hydrogen-bond acceptors (Lipinski definition) is 2. The molecule has 1 aliphatic carbocycles. The lowest BCUT2D eigenvalue weighted by molar-refractivity contribution is 0.808. The zero-order chi connectivity index (χ0) is 6.69. The molecule has 0 radical (unpaired) electrons. The maximum atomic E-state index is 5.54. The van der Waals surface area contributed by atoms with Gasteiger partial charge in [-0.15, -0.1) is 0 Å². The van der Waals surface area contributed by atoms with E-state index < -0.39 is 0 Å². The quantitative estimate of drug-likeness (QED) is 0.540. The molecule has 0 amide bonds. The van der Waals surface area contributed by atoms with Crippen LogP contribution in [0.3, 0.4) is 0 Å². The topological polar surface area (TPSA) is 38.0 Å². The molecule has 0 saturated carbocycles. The van der Waals surface area contributed by atoms with Gasteiger partial charge in [0.25, 0.3) is 0 Å². The summed E-state index contributed by atoms with van der Waals surface area (Å²) in [5.41, 5.74) is 7.79. The molecule has 50 valence electrons. The lowest BCUT2D eigenvalue weighted by Crippen LogP contribution is -2.10. The highest BCUT2D eigenvalue weighted by molar-refractivity contribution is 5.20. The maximum Gasteiger partial charge on any atom is 0.0108 e. The van der Waals surface area contributed by atoms with Crippen molar-refractivity contribution in [2.75, 3.05) is 7.05 Å². The van der Waals surface area contributed by atoms with Crippen LogP contribution < -0.4 is 11.1 Å². The lowest BCUT2D eigenvalue weighted by Gasteiger charge is -2.10. The van der Waals surface area contributed by atoms with E-state index in [9.17, 15) is 0 Å². The molecule has 0 fully saturated rings. The predicted molar refractivity (Wildman–Crippen MR) is 38.6 cm³/mol. The van der Waals surface area contributed by atoms with Crippen LogP contribution in [0.4, 0.5) is 0 Å². The summed E-state index contributed by atoms with van der Waals surface area (Å²) in [6, 6.07) is 0. The Kier molecular flexibility index (Phi) is 1.78. The first kappa shape index (κ1) is 6.20. The van der Waals surface area contributed by atoms with Crippen LogP contribution in [0.1, 0.15) is 12.8 Å². The molecule has 1 rings (SSSR count). The molecule has 0 aliphatic heterocycles. The molecule has 0 unspecified atom stereocenters. The van der Waals surface area contributed by atoms with E-state index in [1.807, 2.05) is 19.2 Å². The average Bonchev–Trinajstić information content (AvgIpc) is 1.90. The number of nitrogens with one attached hydrogen (secondary N) is 1. The molecule has 0 aromatic rings. The predicted octanol–water partition coefficient (Wildman–Crippen LogP) is 0.726. The van der Waals surface area contributed by atoms with Crippen LogP contribution in [-0.4, -0.2) is 7.05 Å². The summed E-state index contributed by atoms with van der Waals surface area (Å²) >= 11 is 0. The van der Waals surface area contributed by atoms with Crippen LogP contribution in [0.5, 0.6) is 0 Å². The Labute approximate surface area is 55.4 Å². The van der Waals surface area contributed by atoms with Crippen molar-refractivity contribution in [2.45, 2.75) is 12.8 Å². The standard InChI is InChI=1S/C7H12N2/c1-9-7-4-2-6(8)3-5-7/h2,4,9H,3,5,8H2,1H3. The minimum absolute atomic E-state index is 0.981. The molecule has 0 bridgehead atoms. The molecule has 2 heteroatoms. The van der Waals surface area contributed by atoms with Crippen molar-refractivity contribution in [3.05, 3.63) is 23.5 Å². The summed E-state index contributed by atoms with van der Waals surface area (Å²) in [6.45, 7) is 0. The second-order valence-electron chi connectivity index (χ2n) is 2.18. The molecule has 0 aromatic heterocycles. The summed E-state index contributed by atoms with van der Waals surface area (Å²) in [5.74, 6) is 0. The van der Waals surface area contributed by atoms with Gasteiger partial charge in [0.2, 0.25) is 0 Å². The van der Waals surface area contributed by atoms with Gasteiger partial charge in [-0.3, -0.25) is 0 Å². The van der Waals surface area contributed by atoms with Gasteiger partial charge in [0.15, 0.2) is 0 Å². The lowest BCUT2D eigenvalue weighted by atomic mass is 10.1. The van der Waals surface area contributed by atoms with E-state index in [1.54, 1.807) is 0 Å². The number of rotatable bonds is 1. The van der Waals surface area contributed by atoms with Crippen molar-refractivity contribution in [2.24, 2.45) is 5.73 Å². The Morgan fingerprint density at radius 2 is 2.22 bits per heavy atom. The van der Waals surface area contributed by atoms with Gasteiger partial charge in [0.1, 0.15) is 0 Å². The second-order valence-corrected chi connectivity index (χ2v) is 2.18. The van der Waals surface area contributed by atoms with Gasteiger partial charge in [-0.2, -0.15) is 0 Å². The summed E-state index contributed by atoms with van der Waals surface area (Å²) < 4.78 is 0. The van der Waals surface area contributed by atoms with Gasteiger partial charge in [0, 0.05) is 18.4 Å². The zero-order valence-corrected chi connectivity index (χ0v) is 5.65. The van der Waals surface area contributed by atoms with Crippen LogP contribution in [0.2, 0.25) is 0 Å². The largest absolute Gasteiger partial charge is 0.402 e. The van der Waals surface area contributed by atoms with E-state index in [1.165, 1.54) is 5.70 Å². The van der Waals surface area contributed by atoms with Crippen molar-refractivity contribution in [1.82, 2.24) is 5.32 Å². The molecular weight excluding hydrogens is 112 g/mol. The van der Waals surface area contributed by atoms with Crippen LogP contribution in [-0.2, 0) is 0 Å². The van der Waals surface area contributed by atoms with Crippen molar-refractivity contribution in [1.29, 1.82) is 0 Å². The molecule has 1 aliphatic rings. The first-order chi connectivity index (χ1) is 4.33. The second kappa shape index (κ2) is 2.58. The Morgan fingerprint density at radius 3 is 2.67 bits per heavy atom. The summed E-state index contributed by atoms with van der Waals surface area (Å²) in [4.78, 5) is 0. The third-order valence-electron chi connectivity index (χ3n) is 1.50. The molecule has 0 aromatic carbocycles. The molecule has 2 nitrogen and oxygen atoms in total. The van der Waals surface area contributed by atoms with Crippen LogP contribution >= 0.6 is 0 Å². The third kappa shape index (κ3) is 1.49. The number of allylic oxidation sites excluding steroid dienone is 4. The minimum atomic E-state index is 0.981. The monoisotopic (exact) mass is 124 g/mol. The van der Waals surface area contributed by atoms with E-state index >= 15 is 0 Å². The molecule has 0 heterocycles. The fourth-order valence-corrected chi connectivity index (χ4v) is 0.862. The molecule has 0 spiro atoms. The van der Waals surface area contributed by atoms with Crippen LogP contribution in [0.15, 0.2) is 23.5 Å². The third-order valence-corrected chi connectivity index (χ3v) is 1.50. The van der Waals surface area contributed by atoms with Crippen molar-refractivity contribution >= 4 is 0 Å². The molecule has 0 saturated heterocycles. The maximum absolute atomic E-state index is 5.54. The Balaban J connectivity index is 2.59. The zero-order valence-electron chi connectivity index (χ0n) is 5.65. The Hall–Kier alpha value is -0.920. The van der Waals surface area contributed by atoms with Crippen LogP contribution in [0.25, 0.3) is 0 Å². The fourth-order valence-electron chi connectivity index (χ4n) is 0.862. The Bertz CT molecular complexity index is 156. The molecular formula is C7H12N2. The summed E-state index contributed by atoms with van der Waals surface area (Å²) in [5, 5.41) is 3.09. The van der Waals surface area contributed by atoms with Crippen molar-refractivity contribution < 1.29 is 0 Å². The van der Waals surface area contributed by atoms with Gasteiger partial charge in [-0.25, -0.2) is 0 Å². The highest BCUT2D eigenvalue weighted by Crippen LogP contribution is 2.11. The van der Waals surface area contributed by atoms with Crippen LogP contribution in [0, 0.1) is 0 Å². The average molecular weight is 124 g/mol. The first-order valence-corrected chi connectivity index (χ1v) is 3.16. The molecule has 0 atom stereocenters. The van der Waals surface area contributed by atoms with Gasteiger partial charge in [-0.1, -0.05) is 0 Å². The van der Waals surface area contributed by atoms with E-state index in [4.69, 9.17) is 5.73 Å². The van der Waals surface area contributed by atoms with E-state index in [0.29, 0.717) is 0 Å². The van der Waals surface area contributed by atoms with Gasteiger partial charge >= 0.3 is 0 Å². The highest BCUT2D eigenvalue weighted by Gasteiger charge is 1.99.